The molecule has 0 spiro atoms. The van der Waals surface area contributed by atoms with Crippen LogP contribution in [0, 0.1) is 0 Å². The third kappa shape index (κ3) is 5.50. The zero-order valence-corrected chi connectivity index (χ0v) is 17.6. The Morgan fingerprint density at radius 3 is 2.27 bits per heavy atom. The highest BCUT2D eigenvalue weighted by Gasteiger charge is 2.30. The molecule has 168 valence electrons. The van der Waals surface area contributed by atoms with E-state index in [0.29, 0.717) is 27.5 Å². The van der Waals surface area contributed by atoms with E-state index in [1.165, 1.54) is 12.1 Å². The van der Waals surface area contributed by atoms with Gasteiger partial charge in [-0.2, -0.15) is 18.2 Å². The maximum absolute atomic E-state index is 12.7. The third-order valence-corrected chi connectivity index (χ3v) is 4.90. The first-order valence-corrected chi connectivity index (χ1v) is 10.1. The quantitative estimate of drug-likeness (QED) is 0.345. The van der Waals surface area contributed by atoms with Gasteiger partial charge in [0.2, 0.25) is 11.7 Å². The van der Waals surface area contributed by atoms with Crippen molar-refractivity contribution in [1.29, 1.82) is 0 Å². The van der Waals surface area contributed by atoms with Crippen LogP contribution in [0.2, 0.25) is 5.02 Å². The van der Waals surface area contributed by atoms with Crippen LogP contribution in [0.25, 0.3) is 11.4 Å². The fraction of sp³-hybridized carbons (Fsp3) is 0.0870. The fourth-order valence-corrected chi connectivity index (χ4v) is 3.09. The summed E-state index contributed by atoms with van der Waals surface area (Å²) in [5.41, 5.74) is 1.25. The van der Waals surface area contributed by atoms with Crippen molar-refractivity contribution in [3.63, 3.8) is 0 Å². The standard InChI is InChI=1S/C23H16ClF3N4O2/c24-17-11-7-15(8-12-17)22(32)29-19-4-2-1-3-18(19)28-13-20-30-21(31-33-20)14-5-9-16(10-6-14)23(25,26)27/h1-12,28H,13H2,(H,29,32). The molecule has 1 amide bonds. The van der Waals surface area contributed by atoms with Gasteiger partial charge in [0.05, 0.1) is 23.5 Å². The van der Waals surface area contributed by atoms with Crippen LogP contribution in [0.3, 0.4) is 0 Å². The number of rotatable bonds is 6. The van der Waals surface area contributed by atoms with E-state index >= 15 is 0 Å². The molecule has 4 aromatic rings. The number of benzene rings is 3. The van der Waals surface area contributed by atoms with Crippen molar-refractivity contribution in [2.24, 2.45) is 0 Å². The molecule has 0 radical (unpaired) electrons. The zero-order chi connectivity index (χ0) is 23.4. The number of hydrogen-bond donors (Lipinski definition) is 2. The van der Waals surface area contributed by atoms with E-state index in [9.17, 15) is 18.0 Å². The number of nitrogens with one attached hydrogen (secondary N) is 2. The Kier molecular flexibility index (Phi) is 6.32. The largest absolute Gasteiger partial charge is 0.416 e. The molecule has 0 unspecified atom stereocenters. The Morgan fingerprint density at radius 1 is 0.939 bits per heavy atom. The second-order valence-corrected chi connectivity index (χ2v) is 7.38. The number of para-hydroxylation sites is 2. The van der Waals surface area contributed by atoms with E-state index in [4.69, 9.17) is 16.1 Å². The number of halogens is 4. The highest BCUT2D eigenvalue weighted by atomic mass is 35.5. The van der Waals surface area contributed by atoms with Gasteiger partial charge < -0.3 is 15.2 Å². The van der Waals surface area contributed by atoms with Crippen molar-refractivity contribution >= 4 is 28.9 Å². The summed E-state index contributed by atoms with van der Waals surface area (Å²) in [5, 5.41) is 10.3. The highest BCUT2D eigenvalue weighted by Crippen LogP contribution is 2.30. The van der Waals surface area contributed by atoms with Crippen LogP contribution in [0.1, 0.15) is 21.8 Å². The lowest BCUT2D eigenvalue weighted by molar-refractivity contribution is -0.137. The molecule has 0 saturated carbocycles. The van der Waals surface area contributed by atoms with Gasteiger partial charge in [0.25, 0.3) is 5.91 Å². The predicted molar refractivity (Wildman–Crippen MR) is 118 cm³/mol. The van der Waals surface area contributed by atoms with Gasteiger partial charge in [-0.15, -0.1) is 0 Å². The average molecular weight is 473 g/mol. The molecule has 3 aromatic carbocycles. The van der Waals surface area contributed by atoms with E-state index in [-0.39, 0.29) is 24.2 Å². The molecule has 0 bridgehead atoms. The summed E-state index contributed by atoms with van der Waals surface area (Å²) in [4.78, 5) is 16.7. The maximum Gasteiger partial charge on any atom is 0.416 e. The number of carbonyl (C=O) groups excluding carboxylic acids is 1. The van der Waals surface area contributed by atoms with Crippen molar-refractivity contribution in [3.8, 4) is 11.4 Å². The summed E-state index contributed by atoms with van der Waals surface area (Å²) in [6, 6.07) is 18.1. The average Bonchev–Trinajstić information content (AvgIpc) is 3.27. The minimum absolute atomic E-state index is 0.140. The summed E-state index contributed by atoms with van der Waals surface area (Å²) >= 11 is 5.86. The monoisotopic (exact) mass is 472 g/mol. The lowest BCUT2D eigenvalue weighted by Crippen LogP contribution is -2.13. The second-order valence-electron chi connectivity index (χ2n) is 6.95. The van der Waals surface area contributed by atoms with Crippen LogP contribution < -0.4 is 10.6 Å². The molecule has 0 atom stereocenters. The van der Waals surface area contributed by atoms with E-state index in [0.717, 1.165) is 12.1 Å². The van der Waals surface area contributed by atoms with E-state index < -0.39 is 11.7 Å². The number of nitrogens with zero attached hydrogens (tertiary/aromatic N) is 2. The van der Waals surface area contributed by atoms with E-state index in [1.54, 1.807) is 48.5 Å². The summed E-state index contributed by atoms with van der Waals surface area (Å²) in [5.74, 6) is 0.0943. The summed E-state index contributed by atoms with van der Waals surface area (Å²) in [7, 11) is 0. The molecule has 0 aliphatic carbocycles. The van der Waals surface area contributed by atoms with Crippen molar-refractivity contribution in [2.45, 2.75) is 12.7 Å². The highest BCUT2D eigenvalue weighted by molar-refractivity contribution is 6.30. The van der Waals surface area contributed by atoms with Gasteiger partial charge in [0.1, 0.15) is 0 Å². The normalized spacial score (nSPS) is 11.3. The second kappa shape index (κ2) is 9.33. The topological polar surface area (TPSA) is 80.0 Å². The Balaban J connectivity index is 1.42. The molecule has 4 rings (SSSR count). The molecule has 6 nitrogen and oxygen atoms in total. The Bertz CT molecular complexity index is 1260. The van der Waals surface area contributed by atoms with Crippen molar-refractivity contribution in [1.82, 2.24) is 10.1 Å². The van der Waals surface area contributed by atoms with Gasteiger partial charge >= 0.3 is 6.18 Å². The van der Waals surface area contributed by atoms with Crippen LogP contribution in [-0.2, 0) is 12.7 Å². The fourth-order valence-electron chi connectivity index (χ4n) is 2.97. The van der Waals surface area contributed by atoms with Crippen LogP contribution in [-0.4, -0.2) is 16.0 Å². The molecule has 0 saturated heterocycles. The van der Waals surface area contributed by atoms with Crippen molar-refractivity contribution in [2.75, 3.05) is 10.6 Å². The van der Waals surface area contributed by atoms with Crippen LogP contribution in [0.15, 0.2) is 77.3 Å². The zero-order valence-electron chi connectivity index (χ0n) is 16.9. The van der Waals surface area contributed by atoms with Gasteiger partial charge in [0, 0.05) is 16.1 Å². The minimum Gasteiger partial charge on any atom is -0.374 e. The van der Waals surface area contributed by atoms with E-state index in [1.807, 2.05) is 0 Å². The van der Waals surface area contributed by atoms with Gasteiger partial charge in [-0.3, -0.25) is 4.79 Å². The summed E-state index contributed by atoms with van der Waals surface area (Å²) < 4.78 is 43.4. The maximum atomic E-state index is 12.7. The number of aromatic nitrogens is 2. The van der Waals surface area contributed by atoms with Gasteiger partial charge in [-0.05, 0) is 48.5 Å². The number of anilines is 2. The summed E-state index contributed by atoms with van der Waals surface area (Å²) in [6.07, 6.45) is -4.42. The summed E-state index contributed by atoms with van der Waals surface area (Å²) in [6.45, 7) is 0.140. The van der Waals surface area contributed by atoms with E-state index in [2.05, 4.69) is 20.8 Å². The Hall–Kier alpha value is -3.85. The first-order valence-electron chi connectivity index (χ1n) is 9.69. The minimum atomic E-state index is -4.42. The molecule has 0 aliphatic heterocycles. The first kappa shape index (κ1) is 22.3. The van der Waals surface area contributed by atoms with Crippen LogP contribution in [0.4, 0.5) is 24.5 Å². The molecule has 1 aromatic heterocycles. The predicted octanol–water partition coefficient (Wildman–Crippen LogP) is 6.27. The molecule has 0 fully saturated rings. The Morgan fingerprint density at radius 2 is 1.61 bits per heavy atom. The number of hydrogen-bond acceptors (Lipinski definition) is 5. The molecular weight excluding hydrogens is 457 g/mol. The van der Waals surface area contributed by atoms with Crippen molar-refractivity contribution in [3.05, 3.63) is 94.8 Å². The SMILES string of the molecule is O=C(Nc1ccccc1NCc1nc(-c2ccc(C(F)(F)F)cc2)no1)c1ccc(Cl)cc1. The van der Waals surface area contributed by atoms with Gasteiger partial charge in [-0.25, -0.2) is 0 Å². The molecule has 33 heavy (non-hydrogen) atoms. The third-order valence-electron chi connectivity index (χ3n) is 4.65. The molecule has 1 heterocycles. The first-order chi connectivity index (χ1) is 15.8. The number of amides is 1. The molecule has 10 heteroatoms. The van der Waals surface area contributed by atoms with Crippen LogP contribution in [0.5, 0.6) is 0 Å². The molecule has 2 N–H and O–H groups in total. The van der Waals surface area contributed by atoms with Crippen LogP contribution >= 0.6 is 11.6 Å². The smallest absolute Gasteiger partial charge is 0.374 e. The molecular formula is C23H16ClF3N4O2. The van der Waals surface area contributed by atoms with Crippen molar-refractivity contribution < 1.29 is 22.5 Å². The number of alkyl halides is 3. The van der Waals surface area contributed by atoms with Gasteiger partial charge in [-0.1, -0.05) is 41.0 Å². The van der Waals surface area contributed by atoms with Gasteiger partial charge in [0.15, 0.2) is 0 Å². The Labute approximate surface area is 191 Å². The lowest BCUT2D eigenvalue weighted by Gasteiger charge is -2.12. The molecule has 0 aliphatic rings. The number of carbonyl (C=O) groups is 1. The lowest BCUT2D eigenvalue weighted by atomic mass is 10.1.